The SMILES string of the molecule is CC(C)NCc1ncc(Br)[nH]1. The lowest BCUT2D eigenvalue weighted by atomic mass is 10.4. The highest BCUT2D eigenvalue weighted by Gasteiger charge is 1.97. The van der Waals surface area contributed by atoms with Crippen molar-refractivity contribution in [2.24, 2.45) is 0 Å². The smallest absolute Gasteiger partial charge is 0.120 e. The van der Waals surface area contributed by atoms with E-state index in [0.717, 1.165) is 17.0 Å². The van der Waals surface area contributed by atoms with Crippen LogP contribution < -0.4 is 5.32 Å². The summed E-state index contributed by atoms with van der Waals surface area (Å²) in [7, 11) is 0. The summed E-state index contributed by atoms with van der Waals surface area (Å²) in [6, 6.07) is 0.499. The molecule has 0 aromatic carbocycles. The molecule has 62 valence electrons. The number of nitrogens with zero attached hydrogens (tertiary/aromatic N) is 1. The number of imidazole rings is 1. The van der Waals surface area contributed by atoms with Gasteiger partial charge in [0.15, 0.2) is 0 Å². The van der Waals surface area contributed by atoms with Crippen molar-refractivity contribution in [2.45, 2.75) is 26.4 Å². The van der Waals surface area contributed by atoms with E-state index in [1.807, 2.05) is 0 Å². The fourth-order valence-corrected chi connectivity index (χ4v) is 1.06. The van der Waals surface area contributed by atoms with Gasteiger partial charge in [-0.2, -0.15) is 0 Å². The fraction of sp³-hybridized carbons (Fsp3) is 0.571. The molecular weight excluding hydrogens is 206 g/mol. The van der Waals surface area contributed by atoms with Gasteiger partial charge >= 0.3 is 0 Å². The second-order valence-electron chi connectivity index (χ2n) is 2.71. The molecule has 0 radical (unpaired) electrons. The number of aromatic nitrogens is 2. The summed E-state index contributed by atoms with van der Waals surface area (Å²) in [5.74, 6) is 0.963. The third kappa shape index (κ3) is 3.03. The number of nitrogens with one attached hydrogen (secondary N) is 2. The summed E-state index contributed by atoms with van der Waals surface area (Å²) in [5.41, 5.74) is 0. The summed E-state index contributed by atoms with van der Waals surface area (Å²) in [4.78, 5) is 7.20. The highest BCUT2D eigenvalue weighted by Crippen LogP contribution is 2.04. The maximum absolute atomic E-state index is 4.12. The van der Waals surface area contributed by atoms with Gasteiger partial charge in [0.05, 0.1) is 12.7 Å². The highest BCUT2D eigenvalue weighted by atomic mass is 79.9. The van der Waals surface area contributed by atoms with Crippen LogP contribution in [0.1, 0.15) is 19.7 Å². The Morgan fingerprint density at radius 3 is 2.91 bits per heavy atom. The second-order valence-corrected chi connectivity index (χ2v) is 3.57. The Morgan fingerprint density at radius 1 is 1.73 bits per heavy atom. The molecule has 0 fully saturated rings. The molecule has 2 N–H and O–H groups in total. The highest BCUT2D eigenvalue weighted by molar-refractivity contribution is 9.10. The van der Waals surface area contributed by atoms with Crippen LogP contribution in [-0.4, -0.2) is 16.0 Å². The van der Waals surface area contributed by atoms with Crippen LogP contribution in [0.25, 0.3) is 0 Å². The number of rotatable bonds is 3. The molecule has 0 unspecified atom stereocenters. The van der Waals surface area contributed by atoms with Gasteiger partial charge < -0.3 is 10.3 Å². The zero-order valence-corrected chi connectivity index (χ0v) is 8.27. The molecule has 0 aliphatic heterocycles. The Kier molecular flexibility index (Phi) is 3.08. The van der Waals surface area contributed by atoms with E-state index >= 15 is 0 Å². The van der Waals surface area contributed by atoms with Gasteiger partial charge in [-0.25, -0.2) is 4.98 Å². The van der Waals surface area contributed by atoms with Crippen LogP contribution in [0.5, 0.6) is 0 Å². The Labute approximate surface area is 74.7 Å². The average molecular weight is 218 g/mol. The largest absolute Gasteiger partial charge is 0.336 e. The van der Waals surface area contributed by atoms with Crippen LogP contribution in [-0.2, 0) is 6.54 Å². The second kappa shape index (κ2) is 3.88. The van der Waals surface area contributed by atoms with Gasteiger partial charge in [0.25, 0.3) is 0 Å². The minimum absolute atomic E-state index is 0.499. The van der Waals surface area contributed by atoms with Gasteiger partial charge in [-0.3, -0.25) is 0 Å². The Balaban J connectivity index is 2.39. The fourth-order valence-electron chi connectivity index (χ4n) is 0.728. The maximum Gasteiger partial charge on any atom is 0.120 e. The molecule has 0 aliphatic carbocycles. The zero-order chi connectivity index (χ0) is 8.27. The Hall–Kier alpha value is -0.350. The van der Waals surface area contributed by atoms with Crippen molar-refractivity contribution < 1.29 is 0 Å². The van der Waals surface area contributed by atoms with Gasteiger partial charge in [0.1, 0.15) is 10.4 Å². The number of hydrogen-bond donors (Lipinski definition) is 2. The minimum atomic E-state index is 0.499. The number of halogens is 1. The first-order valence-corrected chi connectivity index (χ1v) is 4.40. The van der Waals surface area contributed by atoms with Crippen LogP contribution in [0.15, 0.2) is 10.8 Å². The summed E-state index contributed by atoms with van der Waals surface area (Å²) >= 11 is 3.29. The molecule has 0 bridgehead atoms. The monoisotopic (exact) mass is 217 g/mol. The van der Waals surface area contributed by atoms with Crippen molar-refractivity contribution in [3.05, 3.63) is 16.6 Å². The van der Waals surface area contributed by atoms with Crippen molar-refractivity contribution in [1.82, 2.24) is 15.3 Å². The summed E-state index contributed by atoms with van der Waals surface area (Å²) in [6.45, 7) is 5.01. The molecule has 0 amide bonds. The third-order valence-electron chi connectivity index (χ3n) is 1.28. The normalized spacial score (nSPS) is 10.9. The molecule has 11 heavy (non-hydrogen) atoms. The summed E-state index contributed by atoms with van der Waals surface area (Å²) in [5, 5.41) is 3.26. The van der Waals surface area contributed by atoms with Gasteiger partial charge in [-0.15, -0.1) is 0 Å². The van der Waals surface area contributed by atoms with E-state index in [1.54, 1.807) is 6.20 Å². The standard InChI is InChI=1S/C7H12BrN3/c1-5(2)9-4-7-10-3-6(8)11-7/h3,5,9H,4H2,1-2H3,(H,10,11). The molecule has 1 aromatic rings. The predicted octanol–water partition coefficient (Wildman–Crippen LogP) is 1.67. The third-order valence-corrected chi connectivity index (χ3v) is 1.68. The van der Waals surface area contributed by atoms with Crippen LogP contribution in [0.4, 0.5) is 0 Å². The first-order valence-electron chi connectivity index (χ1n) is 3.61. The first kappa shape index (κ1) is 8.74. The molecule has 0 aliphatic rings. The molecule has 1 rings (SSSR count). The molecule has 3 nitrogen and oxygen atoms in total. The van der Waals surface area contributed by atoms with Crippen molar-refractivity contribution in [1.29, 1.82) is 0 Å². The minimum Gasteiger partial charge on any atom is -0.336 e. The molecule has 1 aromatic heterocycles. The lowest BCUT2D eigenvalue weighted by molar-refractivity contribution is 0.575. The lowest BCUT2D eigenvalue weighted by Gasteiger charge is -2.04. The average Bonchev–Trinajstić information content (AvgIpc) is 2.31. The van der Waals surface area contributed by atoms with E-state index in [2.05, 4.69) is 45.1 Å². The molecule has 0 saturated heterocycles. The van der Waals surface area contributed by atoms with Gasteiger partial charge in [-0.1, -0.05) is 13.8 Å². The maximum atomic E-state index is 4.12. The number of H-pyrrole nitrogens is 1. The van der Waals surface area contributed by atoms with E-state index in [9.17, 15) is 0 Å². The molecule has 0 spiro atoms. The van der Waals surface area contributed by atoms with E-state index in [1.165, 1.54) is 0 Å². The number of aromatic amines is 1. The summed E-state index contributed by atoms with van der Waals surface area (Å²) < 4.78 is 0.929. The van der Waals surface area contributed by atoms with Crippen LogP contribution >= 0.6 is 15.9 Å². The molecule has 1 heterocycles. The van der Waals surface area contributed by atoms with Crippen molar-refractivity contribution >= 4 is 15.9 Å². The van der Waals surface area contributed by atoms with E-state index in [-0.39, 0.29) is 0 Å². The van der Waals surface area contributed by atoms with E-state index in [4.69, 9.17) is 0 Å². The van der Waals surface area contributed by atoms with E-state index in [0.29, 0.717) is 6.04 Å². The molecule has 0 saturated carbocycles. The Bertz CT molecular complexity index is 219. The predicted molar refractivity (Wildman–Crippen MR) is 48.3 cm³/mol. The van der Waals surface area contributed by atoms with Gasteiger partial charge in [0, 0.05) is 6.04 Å². The van der Waals surface area contributed by atoms with Crippen LogP contribution in [0.2, 0.25) is 0 Å². The van der Waals surface area contributed by atoms with Crippen LogP contribution in [0, 0.1) is 0 Å². The summed E-state index contributed by atoms with van der Waals surface area (Å²) in [6.07, 6.45) is 1.76. The van der Waals surface area contributed by atoms with Crippen molar-refractivity contribution in [3.8, 4) is 0 Å². The lowest BCUT2D eigenvalue weighted by Crippen LogP contribution is -2.22. The van der Waals surface area contributed by atoms with Gasteiger partial charge in [-0.05, 0) is 15.9 Å². The molecule has 4 heteroatoms. The Morgan fingerprint density at radius 2 is 2.45 bits per heavy atom. The topological polar surface area (TPSA) is 40.7 Å². The first-order chi connectivity index (χ1) is 5.18. The van der Waals surface area contributed by atoms with Crippen molar-refractivity contribution in [2.75, 3.05) is 0 Å². The van der Waals surface area contributed by atoms with Gasteiger partial charge in [0.2, 0.25) is 0 Å². The van der Waals surface area contributed by atoms with E-state index < -0.39 is 0 Å². The zero-order valence-electron chi connectivity index (χ0n) is 6.69. The molecular formula is C7H12BrN3. The van der Waals surface area contributed by atoms with Crippen molar-refractivity contribution in [3.63, 3.8) is 0 Å². The number of hydrogen-bond acceptors (Lipinski definition) is 2. The van der Waals surface area contributed by atoms with Crippen LogP contribution in [0.3, 0.4) is 0 Å². The molecule has 0 atom stereocenters. The quantitative estimate of drug-likeness (QED) is 0.810.